The zero-order valence-electron chi connectivity index (χ0n) is 9.50. The number of anilines is 1. The molecular weight excluding hydrogens is 254 g/mol. The summed E-state index contributed by atoms with van der Waals surface area (Å²) in [4.78, 5) is 2.20. The first-order chi connectivity index (χ1) is 7.06. The lowest BCUT2D eigenvalue weighted by Gasteiger charge is -2.20. The SMILES string of the molecule is CCCN(C)c1ccc([C@@H](C)O)cc1Br. The number of hydrogen-bond donors (Lipinski definition) is 1. The maximum atomic E-state index is 9.45. The lowest BCUT2D eigenvalue weighted by atomic mass is 10.1. The van der Waals surface area contributed by atoms with Crippen molar-refractivity contribution < 1.29 is 5.11 Å². The van der Waals surface area contributed by atoms with E-state index in [9.17, 15) is 5.11 Å². The van der Waals surface area contributed by atoms with Crippen molar-refractivity contribution in [3.8, 4) is 0 Å². The van der Waals surface area contributed by atoms with Crippen molar-refractivity contribution in [1.82, 2.24) is 0 Å². The highest BCUT2D eigenvalue weighted by atomic mass is 79.9. The van der Waals surface area contributed by atoms with E-state index < -0.39 is 6.10 Å². The quantitative estimate of drug-likeness (QED) is 0.908. The van der Waals surface area contributed by atoms with Gasteiger partial charge < -0.3 is 10.0 Å². The summed E-state index contributed by atoms with van der Waals surface area (Å²) >= 11 is 3.53. The lowest BCUT2D eigenvalue weighted by molar-refractivity contribution is 0.199. The molecule has 0 bridgehead atoms. The minimum atomic E-state index is -0.410. The van der Waals surface area contributed by atoms with Gasteiger partial charge in [-0.3, -0.25) is 0 Å². The van der Waals surface area contributed by atoms with Crippen molar-refractivity contribution in [3.05, 3.63) is 28.2 Å². The van der Waals surface area contributed by atoms with Gasteiger partial charge in [0, 0.05) is 18.1 Å². The second-order valence-electron chi connectivity index (χ2n) is 3.81. The fourth-order valence-corrected chi connectivity index (χ4v) is 2.25. The zero-order valence-corrected chi connectivity index (χ0v) is 11.1. The van der Waals surface area contributed by atoms with Gasteiger partial charge in [0.2, 0.25) is 0 Å². The minimum absolute atomic E-state index is 0.410. The Morgan fingerprint density at radius 2 is 2.13 bits per heavy atom. The standard InChI is InChI=1S/C12H18BrNO/c1-4-7-14(3)12-6-5-10(9(2)15)8-11(12)13/h5-6,8-9,15H,4,7H2,1-3H3/t9-/m1/s1. The molecule has 0 heterocycles. The summed E-state index contributed by atoms with van der Waals surface area (Å²) in [6, 6.07) is 5.99. The molecule has 0 amide bonds. The normalized spacial score (nSPS) is 12.6. The van der Waals surface area contributed by atoms with Crippen LogP contribution in [0.4, 0.5) is 5.69 Å². The smallest absolute Gasteiger partial charge is 0.0762 e. The van der Waals surface area contributed by atoms with E-state index in [1.54, 1.807) is 6.92 Å². The molecule has 2 nitrogen and oxygen atoms in total. The predicted molar refractivity (Wildman–Crippen MR) is 68.3 cm³/mol. The van der Waals surface area contributed by atoms with E-state index in [-0.39, 0.29) is 0 Å². The van der Waals surface area contributed by atoms with Crippen LogP contribution in [0.25, 0.3) is 0 Å². The third-order valence-electron chi connectivity index (χ3n) is 2.42. The van der Waals surface area contributed by atoms with Crippen molar-refractivity contribution in [2.75, 3.05) is 18.5 Å². The summed E-state index contributed by atoms with van der Waals surface area (Å²) in [7, 11) is 2.08. The molecule has 0 aliphatic heterocycles. The maximum Gasteiger partial charge on any atom is 0.0762 e. The highest BCUT2D eigenvalue weighted by Gasteiger charge is 2.07. The van der Waals surface area contributed by atoms with Crippen LogP contribution in [0.5, 0.6) is 0 Å². The molecule has 0 saturated heterocycles. The molecule has 0 aromatic heterocycles. The van der Waals surface area contributed by atoms with E-state index >= 15 is 0 Å². The molecule has 0 saturated carbocycles. The molecule has 0 fully saturated rings. The summed E-state index contributed by atoms with van der Waals surface area (Å²) < 4.78 is 1.04. The highest BCUT2D eigenvalue weighted by molar-refractivity contribution is 9.10. The van der Waals surface area contributed by atoms with Crippen LogP contribution in [0.15, 0.2) is 22.7 Å². The first-order valence-corrected chi connectivity index (χ1v) is 6.04. The molecule has 3 heteroatoms. The van der Waals surface area contributed by atoms with Gasteiger partial charge in [-0.2, -0.15) is 0 Å². The maximum absolute atomic E-state index is 9.45. The zero-order chi connectivity index (χ0) is 11.4. The molecule has 1 atom stereocenters. The molecule has 0 radical (unpaired) electrons. The van der Waals surface area contributed by atoms with E-state index in [1.165, 1.54) is 5.69 Å². The largest absolute Gasteiger partial charge is 0.389 e. The Morgan fingerprint density at radius 3 is 2.60 bits per heavy atom. The number of rotatable bonds is 4. The molecule has 15 heavy (non-hydrogen) atoms. The number of nitrogens with zero attached hydrogens (tertiary/aromatic N) is 1. The van der Waals surface area contributed by atoms with E-state index in [2.05, 4.69) is 34.8 Å². The van der Waals surface area contributed by atoms with Gasteiger partial charge in [-0.1, -0.05) is 13.0 Å². The van der Waals surface area contributed by atoms with Gasteiger partial charge in [0.25, 0.3) is 0 Å². The molecule has 1 aromatic rings. The second kappa shape index (κ2) is 5.52. The fourth-order valence-electron chi connectivity index (χ4n) is 1.55. The van der Waals surface area contributed by atoms with Gasteiger partial charge in [-0.05, 0) is 47.0 Å². The summed E-state index contributed by atoms with van der Waals surface area (Å²) in [6.07, 6.45) is 0.716. The van der Waals surface area contributed by atoms with Crippen LogP contribution in [0.1, 0.15) is 31.9 Å². The number of halogens is 1. The summed E-state index contributed by atoms with van der Waals surface area (Å²) in [5.74, 6) is 0. The summed E-state index contributed by atoms with van der Waals surface area (Å²) in [5.41, 5.74) is 2.11. The van der Waals surface area contributed by atoms with Crippen LogP contribution in [-0.4, -0.2) is 18.7 Å². The Hall–Kier alpha value is -0.540. The van der Waals surface area contributed by atoms with Crippen LogP contribution < -0.4 is 4.90 Å². The topological polar surface area (TPSA) is 23.5 Å². The first kappa shape index (κ1) is 12.5. The monoisotopic (exact) mass is 271 g/mol. The van der Waals surface area contributed by atoms with Gasteiger partial charge in [-0.25, -0.2) is 0 Å². The number of aliphatic hydroxyl groups excluding tert-OH is 1. The number of aliphatic hydroxyl groups is 1. The molecule has 0 unspecified atom stereocenters. The predicted octanol–water partition coefficient (Wildman–Crippen LogP) is 3.35. The van der Waals surface area contributed by atoms with Crippen LogP contribution in [0.2, 0.25) is 0 Å². The molecule has 1 aromatic carbocycles. The molecule has 84 valence electrons. The molecule has 0 aliphatic rings. The van der Waals surface area contributed by atoms with E-state index in [1.807, 2.05) is 18.2 Å². The Kier molecular flexibility index (Phi) is 4.61. The average molecular weight is 272 g/mol. The van der Waals surface area contributed by atoms with E-state index in [0.717, 1.165) is 23.0 Å². The molecule has 0 aliphatic carbocycles. The molecule has 1 N–H and O–H groups in total. The number of benzene rings is 1. The van der Waals surface area contributed by atoms with Crippen LogP contribution in [-0.2, 0) is 0 Å². The van der Waals surface area contributed by atoms with Crippen molar-refractivity contribution in [3.63, 3.8) is 0 Å². The Balaban J connectivity index is 2.92. The highest BCUT2D eigenvalue weighted by Crippen LogP contribution is 2.28. The summed E-state index contributed by atoms with van der Waals surface area (Å²) in [5, 5.41) is 9.45. The molecular formula is C12H18BrNO. The van der Waals surface area contributed by atoms with Gasteiger partial charge in [0.05, 0.1) is 11.8 Å². The second-order valence-corrected chi connectivity index (χ2v) is 4.66. The third-order valence-corrected chi connectivity index (χ3v) is 3.06. The van der Waals surface area contributed by atoms with Gasteiger partial charge in [-0.15, -0.1) is 0 Å². The van der Waals surface area contributed by atoms with Gasteiger partial charge in [0.1, 0.15) is 0 Å². The van der Waals surface area contributed by atoms with E-state index in [4.69, 9.17) is 0 Å². The Labute approximate surface area is 100 Å². The van der Waals surface area contributed by atoms with E-state index in [0.29, 0.717) is 0 Å². The van der Waals surface area contributed by atoms with Crippen molar-refractivity contribution >= 4 is 21.6 Å². The first-order valence-electron chi connectivity index (χ1n) is 5.25. The van der Waals surface area contributed by atoms with Crippen molar-refractivity contribution in [1.29, 1.82) is 0 Å². The third kappa shape index (κ3) is 3.21. The Morgan fingerprint density at radius 1 is 1.47 bits per heavy atom. The lowest BCUT2D eigenvalue weighted by Crippen LogP contribution is -2.18. The Bertz CT molecular complexity index is 325. The number of hydrogen-bond acceptors (Lipinski definition) is 2. The minimum Gasteiger partial charge on any atom is -0.389 e. The van der Waals surface area contributed by atoms with Crippen LogP contribution in [0, 0.1) is 0 Å². The molecule has 0 spiro atoms. The molecule has 1 rings (SSSR count). The van der Waals surface area contributed by atoms with Crippen LogP contribution in [0.3, 0.4) is 0 Å². The fraction of sp³-hybridized carbons (Fsp3) is 0.500. The van der Waals surface area contributed by atoms with Gasteiger partial charge >= 0.3 is 0 Å². The summed E-state index contributed by atoms with van der Waals surface area (Å²) in [6.45, 7) is 4.97. The van der Waals surface area contributed by atoms with Gasteiger partial charge in [0.15, 0.2) is 0 Å². The van der Waals surface area contributed by atoms with Crippen LogP contribution >= 0.6 is 15.9 Å². The van der Waals surface area contributed by atoms with Crippen molar-refractivity contribution in [2.45, 2.75) is 26.4 Å². The average Bonchev–Trinajstić information content (AvgIpc) is 2.17. The van der Waals surface area contributed by atoms with Crippen molar-refractivity contribution in [2.24, 2.45) is 0 Å².